The van der Waals surface area contributed by atoms with Gasteiger partial charge in [0.05, 0.1) is 19.3 Å². The molecule has 3 rings (SSSR count). The van der Waals surface area contributed by atoms with Crippen molar-refractivity contribution in [2.45, 2.75) is 98.1 Å². The normalized spacial score (nSPS) is 44.1. The van der Waals surface area contributed by atoms with Crippen molar-refractivity contribution in [3.05, 3.63) is 0 Å². The lowest BCUT2D eigenvalue weighted by atomic mass is 9.44. The van der Waals surface area contributed by atoms with E-state index in [-0.39, 0.29) is 40.5 Å². The Morgan fingerprint density at radius 2 is 1.85 bits per heavy atom. The zero-order chi connectivity index (χ0) is 24.8. The van der Waals surface area contributed by atoms with Crippen molar-refractivity contribution in [3.63, 3.8) is 0 Å². The number of carbonyl (C=O) groups excluding carboxylic acids is 1. The van der Waals surface area contributed by atoms with Crippen molar-refractivity contribution in [1.29, 1.82) is 0 Å². The Kier molecular flexibility index (Phi) is 7.94. The van der Waals surface area contributed by atoms with Gasteiger partial charge in [-0.1, -0.05) is 47.5 Å². The molecule has 192 valence electrons. The number of fused-ring (bicyclic) bond motifs is 3. The highest BCUT2D eigenvalue weighted by molar-refractivity contribution is 7.83. The van der Waals surface area contributed by atoms with Gasteiger partial charge >= 0.3 is 16.3 Å². The highest BCUT2D eigenvalue weighted by Gasteiger charge is 2.64. The molecule has 3 N–H and O–H groups in total. The lowest BCUT2D eigenvalue weighted by Gasteiger charge is -2.63. The first-order chi connectivity index (χ1) is 15.3. The smallest absolute Gasteiger partial charge is 0.333 e. The minimum atomic E-state index is -4.44. The van der Waals surface area contributed by atoms with E-state index in [0.717, 1.165) is 44.9 Å². The van der Waals surface area contributed by atoms with Crippen LogP contribution in [0.3, 0.4) is 0 Å². The molecule has 10 atom stereocenters. The van der Waals surface area contributed by atoms with Crippen LogP contribution in [0.15, 0.2) is 0 Å². The van der Waals surface area contributed by atoms with Crippen LogP contribution < -0.4 is 4.72 Å². The number of nitrogens with one attached hydrogen (secondary N) is 1. The summed E-state index contributed by atoms with van der Waals surface area (Å²) in [5.74, 6) is 1.13. The van der Waals surface area contributed by atoms with Crippen molar-refractivity contribution in [1.82, 2.24) is 4.72 Å². The summed E-state index contributed by atoms with van der Waals surface area (Å²) >= 11 is 0. The number of hydrogen-bond acceptors (Lipinski definition) is 5. The van der Waals surface area contributed by atoms with Gasteiger partial charge in [-0.2, -0.15) is 13.1 Å². The standard InChI is InChI=1S/C25H45NO6S/c1-7-16-23(28)22(26-33(29,30)31)21-18-11-10-17(15(3)9-12-20(27)32-6)25(18,5)14-13-19(21)24(16,4)8-2/h15-19,21-23,26,28H,7-14H2,1-6H3,(H,29,30,31)/t15-,16+,17-,18+,19+,21+,22+,23-,24+,25-/m1/s1. The maximum Gasteiger partial charge on any atom is 0.333 e. The van der Waals surface area contributed by atoms with Crippen LogP contribution in [0.5, 0.6) is 0 Å². The summed E-state index contributed by atoms with van der Waals surface area (Å²) in [5, 5.41) is 11.5. The average Bonchev–Trinajstić information content (AvgIpc) is 3.11. The fraction of sp³-hybridized carbons (Fsp3) is 0.960. The van der Waals surface area contributed by atoms with Gasteiger partial charge in [0.1, 0.15) is 0 Å². The Hall–Kier alpha value is -0.700. The summed E-state index contributed by atoms with van der Waals surface area (Å²) in [5.41, 5.74) is -0.0601. The van der Waals surface area contributed by atoms with E-state index in [9.17, 15) is 22.9 Å². The first-order valence-electron chi connectivity index (χ1n) is 12.8. The Morgan fingerprint density at radius 1 is 1.18 bits per heavy atom. The van der Waals surface area contributed by atoms with Gasteiger partial charge in [0.2, 0.25) is 0 Å². The van der Waals surface area contributed by atoms with Crippen LogP contribution in [0.2, 0.25) is 0 Å². The molecule has 0 radical (unpaired) electrons. The molecule has 0 aromatic carbocycles. The van der Waals surface area contributed by atoms with E-state index >= 15 is 0 Å². The first-order valence-corrected chi connectivity index (χ1v) is 14.3. The van der Waals surface area contributed by atoms with Gasteiger partial charge < -0.3 is 9.84 Å². The number of aliphatic hydroxyl groups is 1. The van der Waals surface area contributed by atoms with Gasteiger partial charge in [-0.15, -0.1) is 0 Å². The van der Waals surface area contributed by atoms with Gasteiger partial charge in [-0.25, -0.2) is 0 Å². The monoisotopic (exact) mass is 487 g/mol. The summed E-state index contributed by atoms with van der Waals surface area (Å²) in [6.45, 7) is 11.1. The van der Waals surface area contributed by atoms with E-state index in [2.05, 4.69) is 39.3 Å². The molecular formula is C25H45NO6S. The van der Waals surface area contributed by atoms with Crippen LogP contribution in [-0.2, 0) is 19.8 Å². The Morgan fingerprint density at radius 3 is 2.39 bits per heavy atom. The molecule has 0 aromatic heterocycles. The van der Waals surface area contributed by atoms with Crippen molar-refractivity contribution in [2.75, 3.05) is 7.11 Å². The molecule has 33 heavy (non-hydrogen) atoms. The molecule has 3 saturated carbocycles. The van der Waals surface area contributed by atoms with E-state index in [1.807, 2.05) is 0 Å². The fourth-order valence-electron chi connectivity index (χ4n) is 8.78. The summed E-state index contributed by atoms with van der Waals surface area (Å²) in [6.07, 6.45) is 6.17. The number of ether oxygens (including phenoxy) is 1. The number of rotatable bonds is 8. The average molecular weight is 488 g/mol. The molecule has 0 saturated heterocycles. The van der Waals surface area contributed by atoms with E-state index in [1.54, 1.807) is 0 Å². The third kappa shape index (κ3) is 4.74. The summed E-state index contributed by atoms with van der Waals surface area (Å²) in [7, 11) is -3.02. The molecule has 8 heteroatoms. The van der Waals surface area contributed by atoms with E-state index in [0.29, 0.717) is 18.3 Å². The number of aliphatic hydroxyl groups excluding tert-OH is 1. The highest BCUT2D eigenvalue weighted by Crippen LogP contribution is 2.67. The summed E-state index contributed by atoms with van der Waals surface area (Å²) in [4.78, 5) is 11.7. The number of carbonyl (C=O) groups is 1. The molecule has 7 nitrogen and oxygen atoms in total. The predicted octanol–water partition coefficient (Wildman–Crippen LogP) is 4.21. The van der Waals surface area contributed by atoms with Gasteiger partial charge in [-0.05, 0) is 78.4 Å². The molecule has 0 bridgehead atoms. The molecular weight excluding hydrogens is 442 g/mol. The van der Waals surface area contributed by atoms with Gasteiger partial charge in [-0.3, -0.25) is 9.35 Å². The fourth-order valence-corrected chi connectivity index (χ4v) is 9.42. The summed E-state index contributed by atoms with van der Waals surface area (Å²) < 4.78 is 40.9. The molecule has 0 aromatic rings. The van der Waals surface area contributed by atoms with Crippen LogP contribution >= 0.6 is 0 Å². The van der Waals surface area contributed by atoms with Gasteiger partial charge in [0.25, 0.3) is 0 Å². The van der Waals surface area contributed by atoms with Crippen LogP contribution in [-0.4, -0.2) is 43.3 Å². The summed E-state index contributed by atoms with van der Waals surface area (Å²) in [6, 6.07) is -0.677. The largest absolute Gasteiger partial charge is 0.469 e. The lowest BCUT2D eigenvalue weighted by Crippen LogP contribution is -2.66. The number of hydrogen-bond donors (Lipinski definition) is 3. The van der Waals surface area contributed by atoms with Crippen LogP contribution in [0, 0.1) is 46.3 Å². The van der Waals surface area contributed by atoms with Gasteiger partial charge in [0, 0.05) is 6.42 Å². The van der Waals surface area contributed by atoms with E-state index in [1.165, 1.54) is 7.11 Å². The zero-order valence-corrected chi connectivity index (χ0v) is 22.0. The lowest BCUT2D eigenvalue weighted by molar-refractivity contribution is -0.162. The molecule has 0 heterocycles. The molecule has 0 spiro atoms. The topological polar surface area (TPSA) is 113 Å². The maximum atomic E-state index is 12.0. The molecule has 0 amide bonds. The number of methoxy groups -OCH3 is 1. The second-order valence-corrected chi connectivity index (χ2v) is 12.8. The van der Waals surface area contributed by atoms with Crippen molar-refractivity contribution < 1.29 is 27.6 Å². The predicted molar refractivity (Wildman–Crippen MR) is 128 cm³/mol. The first kappa shape index (κ1) is 26.9. The molecule has 0 unspecified atom stereocenters. The van der Waals surface area contributed by atoms with Crippen molar-refractivity contribution in [3.8, 4) is 0 Å². The van der Waals surface area contributed by atoms with Gasteiger partial charge in [0.15, 0.2) is 0 Å². The maximum absolute atomic E-state index is 12.0. The molecule has 3 fully saturated rings. The molecule has 0 aliphatic heterocycles. The quantitative estimate of drug-likeness (QED) is 0.349. The zero-order valence-electron chi connectivity index (χ0n) is 21.2. The SMILES string of the molecule is CC[C@H]1[C@@H](O)[C@@H](NS(=O)(=O)O)[C@@H]2[C@H](CC[C@]3(C)[C@@H]([C@H](C)CCC(=O)OC)CC[C@@H]23)[C@@]1(C)CC. The van der Waals surface area contributed by atoms with E-state index < -0.39 is 22.4 Å². The Balaban J connectivity index is 1.96. The van der Waals surface area contributed by atoms with Crippen LogP contribution in [0.4, 0.5) is 0 Å². The minimum absolute atomic E-state index is 0.0171. The Labute approximate surface area is 200 Å². The minimum Gasteiger partial charge on any atom is -0.469 e. The third-order valence-corrected chi connectivity index (χ3v) is 11.1. The third-order valence-electron chi connectivity index (χ3n) is 10.5. The molecule has 3 aliphatic rings. The van der Waals surface area contributed by atoms with Crippen molar-refractivity contribution >= 4 is 16.3 Å². The van der Waals surface area contributed by atoms with Crippen LogP contribution in [0.1, 0.15) is 86.0 Å². The molecule has 3 aliphatic carbocycles. The van der Waals surface area contributed by atoms with Crippen molar-refractivity contribution in [2.24, 2.45) is 46.3 Å². The second-order valence-electron chi connectivity index (χ2n) is 11.6. The number of esters is 1. The van der Waals surface area contributed by atoms with E-state index in [4.69, 9.17) is 4.74 Å². The van der Waals surface area contributed by atoms with Crippen LogP contribution in [0.25, 0.3) is 0 Å². The highest BCUT2D eigenvalue weighted by atomic mass is 32.2. The second kappa shape index (κ2) is 9.75. The Bertz CT molecular complexity index is 818.